The van der Waals surface area contributed by atoms with Crippen LogP contribution in [0, 0.1) is 0 Å². The molecule has 1 unspecified atom stereocenters. The van der Waals surface area contributed by atoms with Crippen molar-refractivity contribution in [3.05, 3.63) is 185 Å². The van der Waals surface area contributed by atoms with E-state index in [4.69, 9.17) is 33.7 Å². The van der Waals surface area contributed by atoms with Crippen LogP contribution in [-0.4, -0.2) is 79.4 Å². The Morgan fingerprint density at radius 1 is 0.442 bits per heavy atom. The molecule has 0 bridgehead atoms. The van der Waals surface area contributed by atoms with Crippen molar-refractivity contribution in [3.63, 3.8) is 0 Å². The minimum Gasteiger partial charge on any atom is -0.862 e. The minimum atomic E-state index is -4.49. The van der Waals surface area contributed by atoms with Gasteiger partial charge in [0, 0.05) is 13.0 Å². The van der Waals surface area contributed by atoms with Crippen molar-refractivity contribution in [3.8, 4) is 0 Å². The Morgan fingerprint density at radius 3 is 1.33 bits per heavy atom. The van der Waals surface area contributed by atoms with Gasteiger partial charge in [-0.1, -0.05) is 171 Å². The molecule has 5 aromatic rings. The van der Waals surface area contributed by atoms with Crippen molar-refractivity contribution in [1.82, 2.24) is 5.09 Å². The van der Waals surface area contributed by atoms with Crippen molar-refractivity contribution >= 4 is 49.3 Å². The van der Waals surface area contributed by atoms with Gasteiger partial charge in [0.15, 0.2) is 0 Å². The third kappa shape index (κ3) is 36.9. The topological polar surface area (TPSA) is 283 Å². The molecule has 86 heavy (non-hydrogen) atoms. The summed E-state index contributed by atoms with van der Waals surface area (Å²) >= 11 is 0. The summed E-state index contributed by atoms with van der Waals surface area (Å²) in [4.78, 5) is 66.5. The molecular weight excluding hydrogens is 1230 g/mol. The Balaban J connectivity index is 0.00000924. The van der Waals surface area contributed by atoms with Crippen LogP contribution in [0.4, 0.5) is 0 Å². The smallest absolute Gasteiger partial charge is 0.862 e. The average Bonchev–Trinajstić information content (AvgIpc) is 3.60. The standard InChI is InChI=1S/C62H77N5O14P.4K/c63-40-20-6-18-34-56(68)64-41-21-7-19-35-57(69)66-54(61(73)78-45-50-27-12-3-13-28-50)36-38-58(70)65-53(60(72)77-44-49-25-10-2-11-26-49)33-22-42-80-82(75,81-47-52-31-16-5-17-32-52)67-55(62(74)79-46-51-29-14-4-15-30-51)37-39-59(71)76-43-48-23-8-1-9-24-48;;;;/h1-5,8-17,23-32,53-55,63H,6-7,18-22,33-47H2,(H,64,68)(H,65,70)(H,66,69)(H,67,75);;;;/q-1;4*+1/p-3/t53-,54-,55-,82?;;;;/m0..../s1. The number of esters is 4. The molecule has 0 aromatic heterocycles. The molecule has 0 amide bonds. The number of nitrogens with zero attached hydrogens (tertiary/aromatic N) is 3. The van der Waals surface area contributed by atoms with E-state index in [1.807, 2.05) is 30.3 Å². The molecule has 0 saturated carbocycles. The van der Waals surface area contributed by atoms with E-state index in [0.29, 0.717) is 67.4 Å². The number of aliphatic imine (C=N–C) groups is 3. The fourth-order valence-corrected chi connectivity index (χ4v) is 9.45. The second-order valence-electron chi connectivity index (χ2n) is 19.1. The zero-order valence-corrected chi connectivity index (χ0v) is 63.6. The van der Waals surface area contributed by atoms with Crippen LogP contribution in [0.5, 0.6) is 0 Å². The Labute approximate surface area is 676 Å². The van der Waals surface area contributed by atoms with E-state index in [2.05, 4.69) is 20.1 Å². The van der Waals surface area contributed by atoms with E-state index in [9.17, 15) is 39.1 Å². The number of unbranched alkanes of at least 4 members (excludes halogenated alkanes) is 4. The van der Waals surface area contributed by atoms with Crippen LogP contribution in [0.1, 0.15) is 118 Å². The van der Waals surface area contributed by atoms with Crippen LogP contribution in [-0.2, 0) is 84.8 Å². The summed E-state index contributed by atoms with van der Waals surface area (Å²) in [5.41, 5.74) is 10.7. The number of benzene rings is 5. The fraction of sp³-hybridized carbons (Fsp3) is 0.403. The first-order valence-electron chi connectivity index (χ1n) is 27.7. The molecular formula is C62H74K4N5O14P. The zero-order chi connectivity index (χ0) is 58.5. The van der Waals surface area contributed by atoms with Gasteiger partial charge in [0.25, 0.3) is 0 Å². The molecule has 2 N–H and O–H groups in total. The molecule has 24 heteroatoms. The summed E-state index contributed by atoms with van der Waals surface area (Å²) in [6.45, 7) is -0.290. The molecule has 4 atom stereocenters. The van der Waals surface area contributed by atoms with Gasteiger partial charge in [0.2, 0.25) is 0 Å². The van der Waals surface area contributed by atoms with E-state index < -0.39 is 68.0 Å². The Morgan fingerprint density at radius 2 is 0.849 bits per heavy atom. The van der Waals surface area contributed by atoms with E-state index in [0.717, 1.165) is 18.4 Å². The number of hydrogen-bond donors (Lipinski definition) is 1. The van der Waals surface area contributed by atoms with Gasteiger partial charge in [-0.15, -0.1) is 0 Å². The first-order chi connectivity index (χ1) is 39.9. The van der Waals surface area contributed by atoms with Gasteiger partial charge in [-0.2, -0.15) is 6.54 Å². The van der Waals surface area contributed by atoms with Gasteiger partial charge in [0.1, 0.15) is 44.6 Å². The first-order valence-corrected chi connectivity index (χ1v) is 29.3. The minimum absolute atomic E-state index is 0. The zero-order valence-electron chi connectivity index (χ0n) is 50.2. The third-order valence-electron chi connectivity index (χ3n) is 12.5. The summed E-state index contributed by atoms with van der Waals surface area (Å²) in [5.74, 6) is -4.70. The molecule has 0 heterocycles. The Bertz CT molecular complexity index is 2800. The molecule has 0 spiro atoms. The van der Waals surface area contributed by atoms with Crippen LogP contribution < -0.4 is 226 Å². The molecule has 0 radical (unpaired) electrons. The molecule has 0 aliphatic heterocycles. The fourth-order valence-electron chi connectivity index (χ4n) is 7.92. The van der Waals surface area contributed by atoms with E-state index in [1.54, 1.807) is 121 Å². The van der Waals surface area contributed by atoms with Crippen molar-refractivity contribution < 1.29 is 273 Å². The molecule has 0 aliphatic rings. The third-order valence-corrected chi connectivity index (χ3v) is 14.1. The number of carbonyl (C=O) groups excluding carboxylic acids is 4. The van der Waals surface area contributed by atoms with E-state index >= 15 is 0 Å². The van der Waals surface area contributed by atoms with Crippen LogP contribution in [0.2, 0.25) is 0 Å². The van der Waals surface area contributed by atoms with E-state index in [1.165, 1.54) is 0 Å². The van der Waals surface area contributed by atoms with Crippen molar-refractivity contribution in [2.24, 2.45) is 15.0 Å². The number of hydrogen-bond acceptors (Lipinski definition) is 17. The van der Waals surface area contributed by atoms with Crippen LogP contribution in [0.15, 0.2) is 167 Å². The Hall–Kier alpha value is -0.995. The summed E-state index contributed by atoms with van der Waals surface area (Å²) < 4.78 is 48.9. The predicted octanol–water partition coefficient (Wildman–Crippen LogP) is -3.20. The first kappa shape index (κ1) is 83.0. The maximum Gasteiger partial charge on any atom is 1.00 e. The van der Waals surface area contributed by atoms with Crippen LogP contribution in [0.25, 0.3) is 5.73 Å². The number of carbonyl (C=O) groups is 4. The monoisotopic (exact) mass is 1300 g/mol. The van der Waals surface area contributed by atoms with Gasteiger partial charge < -0.3 is 45.0 Å². The van der Waals surface area contributed by atoms with Gasteiger partial charge in [-0.05, 0) is 110 Å². The summed E-state index contributed by atoms with van der Waals surface area (Å²) in [6, 6.07) is 40.3. The molecule has 0 fully saturated rings. The quantitative estimate of drug-likeness (QED) is 0.00770. The molecule has 0 aliphatic carbocycles. The second kappa shape index (κ2) is 50.5. The normalized spacial score (nSPS) is 13.1. The van der Waals surface area contributed by atoms with Crippen molar-refractivity contribution in [2.45, 2.75) is 141 Å². The maximum atomic E-state index is 14.8. The molecule has 5 aromatic carbocycles. The number of ether oxygens (including phenoxy) is 4. The SMILES string of the molecule is [K+].[K+].[K+].[K+].[NH-]CCCCCC([O-])=NCCCCCC([O-])=N[C@@H](CCC([O-])=N[C@@H](CCCOP(=O)(N[C@@H](CCC(=O)OCc1ccccc1)C(=O)OCc1ccccc1)OCc1ccccc1)C(=O)OCc1ccccc1)C(=O)OCc1ccccc1. The van der Waals surface area contributed by atoms with Crippen molar-refractivity contribution in [1.29, 1.82) is 0 Å². The Kier molecular flexibility index (Phi) is 48.8. The maximum absolute atomic E-state index is 14.8. The van der Waals surface area contributed by atoms with Crippen LogP contribution in [0.3, 0.4) is 0 Å². The molecule has 19 nitrogen and oxygen atoms in total. The second-order valence-corrected chi connectivity index (χ2v) is 20.9. The van der Waals surface area contributed by atoms with Gasteiger partial charge in [-0.3, -0.25) is 28.6 Å². The molecule has 5 rings (SSSR count). The largest absolute Gasteiger partial charge is 1.00 e. The summed E-state index contributed by atoms with van der Waals surface area (Å²) in [7, 11) is -4.49. The van der Waals surface area contributed by atoms with Crippen LogP contribution >= 0.6 is 7.75 Å². The van der Waals surface area contributed by atoms with Gasteiger partial charge in [0.05, 0.1) is 13.2 Å². The molecule has 0 saturated heterocycles. The molecule has 440 valence electrons. The number of nitrogens with one attached hydrogen (secondary N) is 2. The van der Waals surface area contributed by atoms with E-state index in [-0.39, 0.29) is 290 Å². The van der Waals surface area contributed by atoms with Crippen molar-refractivity contribution in [2.75, 3.05) is 19.7 Å². The number of rotatable bonds is 40. The van der Waals surface area contributed by atoms with Gasteiger partial charge >= 0.3 is 237 Å². The summed E-state index contributed by atoms with van der Waals surface area (Å²) in [5, 5.41) is 41.6. The average molecular weight is 1300 g/mol. The summed E-state index contributed by atoms with van der Waals surface area (Å²) in [6.07, 6.45) is 2.79. The van der Waals surface area contributed by atoms with Gasteiger partial charge in [-0.25, -0.2) is 19.2 Å². The predicted molar refractivity (Wildman–Crippen MR) is 305 cm³/mol.